The molecule has 102 valence electrons. The van der Waals surface area contributed by atoms with E-state index in [1.54, 1.807) is 0 Å². The molecule has 1 aliphatic carbocycles. The normalized spacial score (nSPS) is 26.1. The molecule has 0 aromatic heterocycles. The highest BCUT2D eigenvalue weighted by molar-refractivity contribution is 4.78. The fourth-order valence-electron chi connectivity index (χ4n) is 2.78. The minimum Gasteiger partial charge on any atom is -0.313 e. The molecular formula is C15H32N2. The molecule has 2 heteroatoms. The van der Waals surface area contributed by atoms with Crippen molar-refractivity contribution in [1.82, 2.24) is 10.6 Å². The quantitative estimate of drug-likeness (QED) is 0.696. The maximum atomic E-state index is 3.69. The van der Waals surface area contributed by atoms with Crippen LogP contribution in [0, 0.1) is 5.92 Å². The average Bonchev–Trinajstić information content (AvgIpc) is 2.26. The van der Waals surface area contributed by atoms with Gasteiger partial charge in [0, 0.05) is 24.7 Å². The zero-order valence-electron chi connectivity index (χ0n) is 12.3. The molecule has 0 aliphatic heterocycles. The smallest absolute Gasteiger partial charge is 0.00970 e. The molecule has 17 heavy (non-hydrogen) atoms. The molecule has 0 radical (unpaired) electrons. The Balaban J connectivity index is 2.02. The molecule has 0 atom stereocenters. The summed E-state index contributed by atoms with van der Waals surface area (Å²) < 4.78 is 0. The first-order valence-corrected chi connectivity index (χ1v) is 7.49. The minimum absolute atomic E-state index is 0.250. The van der Waals surface area contributed by atoms with Crippen molar-refractivity contribution in [3.63, 3.8) is 0 Å². The molecule has 1 fully saturated rings. The zero-order valence-corrected chi connectivity index (χ0v) is 12.3. The summed E-state index contributed by atoms with van der Waals surface area (Å²) in [6, 6.07) is 0.782. The summed E-state index contributed by atoms with van der Waals surface area (Å²) in [6.45, 7) is 11.2. The van der Waals surface area contributed by atoms with Gasteiger partial charge in [-0.05, 0) is 52.4 Å². The first-order chi connectivity index (χ1) is 8.01. The Kier molecular flexibility index (Phi) is 6.50. The van der Waals surface area contributed by atoms with Gasteiger partial charge < -0.3 is 10.6 Å². The van der Waals surface area contributed by atoms with E-state index >= 15 is 0 Å². The van der Waals surface area contributed by atoms with Crippen molar-refractivity contribution in [2.75, 3.05) is 13.1 Å². The summed E-state index contributed by atoms with van der Waals surface area (Å²) >= 11 is 0. The van der Waals surface area contributed by atoms with Crippen molar-refractivity contribution in [3.05, 3.63) is 0 Å². The number of hydrogen-bond acceptors (Lipinski definition) is 2. The molecule has 0 spiro atoms. The van der Waals surface area contributed by atoms with Crippen LogP contribution in [0.1, 0.15) is 66.2 Å². The number of hydrogen-bond donors (Lipinski definition) is 2. The molecule has 0 amide bonds. The van der Waals surface area contributed by atoms with Crippen molar-refractivity contribution >= 4 is 0 Å². The summed E-state index contributed by atoms with van der Waals surface area (Å²) in [5.41, 5.74) is 0.250. The van der Waals surface area contributed by atoms with Gasteiger partial charge in [-0.15, -0.1) is 0 Å². The van der Waals surface area contributed by atoms with E-state index in [1.807, 2.05) is 0 Å². The van der Waals surface area contributed by atoms with Crippen LogP contribution >= 0.6 is 0 Å². The lowest BCUT2D eigenvalue weighted by atomic mass is 9.83. The van der Waals surface area contributed by atoms with Gasteiger partial charge in [-0.25, -0.2) is 0 Å². The van der Waals surface area contributed by atoms with Gasteiger partial charge in [0.15, 0.2) is 0 Å². The molecule has 2 N–H and O–H groups in total. The second-order valence-electron chi connectivity index (χ2n) is 6.64. The van der Waals surface area contributed by atoms with Gasteiger partial charge in [-0.1, -0.05) is 19.8 Å². The Morgan fingerprint density at radius 3 is 2.18 bits per heavy atom. The highest BCUT2D eigenvalue weighted by Crippen LogP contribution is 2.27. The van der Waals surface area contributed by atoms with Gasteiger partial charge in [-0.3, -0.25) is 0 Å². The van der Waals surface area contributed by atoms with E-state index in [1.165, 1.54) is 38.5 Å². The maximum absolute atomic E-state index is 3.69. The highest BCUT2D eigenvalue weighted by atomic mass is 15.0. The number of rotatable bonds is 6. The predicted octanol–water partition coefficient (Wildman–Crippen LogP) is 3.32. The molecule has 0 bridgehead atoms. The van der Waals surface area contributed by atoms with E-state index in [0.29, 0.717) is 0 Å². The fourth-order valence-corrected chi connectivity index (χ4v) is 2.78. The third-order valence-corrected chi connectivity index (χ3v) is 3.76. The molecule has 0 saturated heterocycles. The van der Waals surface area contributed by atoms with Crippen LogP contribution in [0.2, 0.25) is 0 Å². The van der Waals surface area contributed by atoms with Crippen LogP contribution in [0.15, 0.2) is 0 Å². The van der Waals surface area contributed by atoms with Crippen molar-refractivity contribution in [1.29, 1.82) is 0 Å². The van der Waals surface area contributed by atoms with Crippen LogP contribution in [0.25, 0.3) is 0 Å². The predicted molar refractivity (Wildman–Crippen MR) is 76.4 cm³/mol. The van der Waals surface area contributed by atoms with E-state index in [0.717, 1.165) is 25.0 Å². The topological polar surface area (TPSA) is 24.1 Å². The Morgan fingerprint density at radius 2 is 1.65 bits per heavy atom. The van der Waals surface area contributed by atoms with E-state index in [2.05, 4.69) is 38.3 Å². The van der Waals surface area contributed by atoms with Crippen molar-refractivity contribution < 1.29 is 0 Å². The van der Waals surface area contributed by atoms with Crippen LogP contribution in [0.3, 0.4) is 0 Å². The molecule has 1 aliphatic rings. The first-order valence-electron chi connectivity index (χ1n) is 7.49. The lowest BCUT2D eigenvalue weighted by molar-refractivity contribution is 0.276. The molecule has 0 aromatic carbocycles. The number of nitrogens with one attached hydrogen (secondary N) is 2. The standard InChI is InChI=1S/C15H32N2/c1-5-6-13-7-9-14(10-8-13)16-11-12-17-15(2,3)4/h13-14,16-17H,5-12H2,1-4H3. The molecule has 1 saturated carbocycles. The Bertz CT molecular complexity index is 188. The average molecular weight is 240 g/mol. The fraction of sp³-hybridized carbons (Fsp3) is 1.00. The summed E-state index contributed by atoms with van der Waals surface area (Å²) in [4.78, 5) is 0. The minimum atomic E-state index is 0.250. The van der Waals surface area contributed by atoms with Gasteiger partial charge in [0.25, 0.3) is 0 Å². The lowest BCUT2D eigenvalue weighted by Gasteiger charge is -2.29. The monoisotopic (exact) mass is 240 g/mol. The lowest BCUT2D eigenvalue weighted by Crippen LogP contribution is -2.43. The van der Waals surface area contributed by atoms with Crippen molar-refractivity contribution in [2.24, 2.45) is 5.92 Å². The summed E-state index contributed by atoms with van der Waals surface area (Å²) in [7, 11) is 0. The van der Waals surface area contributed by atoms with Gasteiger partial charge in [0.05, 0.1) is 0 Å². The van der Waals surface area contributed by atoms with E-state index in [4.69, 9.17) is 0 Å². The SMILES string of the molecule is CCCC1CCC(NCCNC(C)(C)C)CC1. The Morgan fingerprint density at radius 1 is 1.00 bits per heavy atom. The van der Waals surface area contributed by atoms with Gasteiger partial charge in [0.1, 0.15) is 0 Å². The molecule has 0 unspecified atom stereocenters. The van der Waals surface area contributed by atoms with E-state index in [9.17, 15) is 0 Å². The largest absolute Gasteiger partial charge is 0.313 e. The molecule has 0 heterocycles. The van der Waals surface area contributed by atoms with Gasteiger partial charge in [-0.2, -0.15) is 0 Å². The van der Waals surface area contributed by atoms with Crippen molar-refractivity contribution in [3.8, 4) is 0 Å². The summed E-state index contributed by atoms with van der Waals surface area (Å²) in [5.74, 6) is 1.02. The van der Waals surface area contributed by atoms with Gasteiger partial charge >= 0.3 is 0 Å². The Labute approximate surface area is 108 Å². The van der Waals surface area contributed by atoms with Crippen LogP contribution in [-0.2, 0) is 0 Å². The van der Waals surface area contributed by atoms with Gasteiger partial charge in [0.2, 0.25) is 0 Å². The Hall–Kier alpha value is -0.0800. The molecule has 1 rings (SSSR count). The maximum Gasteiger partial charge on any atom is 0.00970 e. The zero-order chi connectivity index (χ0) is 12.7. The van der Waals surface area contributed by atoms with E-state index < -0.39 is 0 Å². The van der Waals surface area contributed by atoms with Crippen LogP contribution in [0.5, 0.6) is 0 Å². The third-order valence-electron chi connectivity index (χ3n) is 3.76. The molecular weight excluding hydrogens is 208 g/mol. The van der Waals surface area contributed by atoms with E-state index in [-0.39, 0.29) is 5.54 Å². The van der Waals surface area contributed by atoms with Crippen molar-refractivity contribution in [2.45, 2.75) is 77.8 Å². The first kappa shape index (κ1) is 15.0. The summed E-state index contributed by atoms with van der Waals surface area (Å²) in [5, 5.41) is 7.22. The van der Waals surface area contributed by atoms with Crippen LogP contribution < -0.4 is 10.6 Å². The summed E-state index contributed by atoms with van der Waals surface area (Å²) in [6.07, 6.45) is 8.47. The second kappa shape index (κ2) is 7.38. The highest BCUT2D eigenvalue weighted by Gasteiger charge is 2.19. The molecule has 2 nitrogen and oxygen atoms in total. The second-order valence-corrected chi connectivity index (χ2v) is 6.64. The van der Waals surface area contributed by atoms with Crippen LogP contribution in [0.4, 0.5) is 0 Å². The van der Waals surface area contributed by atoms with Crippen LogP contribution in [-0.4, -0.2) is 24.7 Å². The third kappa shape index (κ3) is 7.05. The molecule has 0 aromatic rings.